The second-order valence-electron chi connectivity index (χ2n) is 5.64. The SMILES string of the molecule is COc1ccc(-c2nc(C(=O)OC(C)C(=O)Nc3cc(C)no3)cs2)cc1. The number of nitrogens with one attached hydrogen (secondary N) is 1. The summed E-state index contributed by atoms with van der Waals surface area (Å²) in [5, 5.41) is 8.41. The van der Waals surface area contributed by atoms with Crippen LogP contribution in [0.4, 0.5) is 5.88 Å². The van der Waals surface area contributed by atoms with Crippen molar-refractivity contribution in [2.45, 2.75) is 20.0 Å². The quantitative estimate of drug-likeness (QED) is 0.647. The molecule has 0 aliphatic carbocycles. The molecule has 0 fully saturated rings. The number of carbonyl (C=O) groups excluding carboxylic acids is 2. The van der Waals surface area contributed by atoms with Gasteiger partial charge >= 0.3 is 5.97 Å². The first-order valence-corrected chi connectivity index (χ1v) is 8.89. The lowest BCUT2D eigenvalue weighted by atomic mass is 10.2. The minimum atomic E-state index is -1.02. The number of rotatable bonds is 6. The summed E-state index contributed by atoms with van der Waals surface area (Å²) in [6.07, 6.45) is -1.02. The van der Waals surface area contributed by atoms with E-state index in [0.717, 1.165) is 11.3 Å². The summed E-state index contributed by atoms with van der Waals surface area (Å²) in [6, 6.07) is 8.89. The number of esters is 1. The highest BCUT2D eigenvalue weighted by atomic mass is 32.1. The van der Waals surface area contributed by atoms with E-state index in [1.165, 1.54) is 18.3 Å². The lowest BCUT2D eigenvalue weighted by molar-refractivity contribution is -0.123. The first-order valence-electron chi connectivity index (χ1n) is 8.01. The van der Waals surface area contributed by atoms with Crippen LogP contribution in [0.3, 0.4) is 0 Å². The van der Waals surface area contributed by atoms with Crippen LogP contribution in [0, 0.1) is 6.92 Å². The van der Waals surface area contributed by atoms with Gasteiger partial charge in [-0.25, -0.2) is 9.78 Å². The summed E-state index contributed by atoms with van der Waals surface area (Å²) in [4.78, 5) is 28.6. The highest BCUT2D eigenvalue weighted by Crippen LogP contribution is 2.26. The Morgan fingerprint density at radius 1 is 1.26 bits per heavy atom. The number of nitrogens with zero attached hydrogens (tertiary/aromatic N) is 2. The first-order chi connectivity index (χ1) is 13.0. The normalized spacial score (nSPS) is 11.7. The van der Waals surface area contributed by atoms with Crippen molar-refractivity contribution in [1.29, 1.82) is 0 Å². The summed E-state index contributed by atoms with van der Waals surface area (Å²) in [6.45, 7) is 3.19. The van der Waals surface area contributed by atoms with Crippen molar-refractivity contribution in [3.8, 4) is 16.3 Å². The highest BCUT2D eigenvalue weighted by molar-refractivity contribution is 7.13. The Labute approximate surface area is 159 Å². The molecular formula is C18H17N3O5S. The lowest BCUT2D eigenvalue weighted by Gasteiger charge is -2.10. The van der Waals surface area contributed by atoms with E-state index in [1.807, 2.05) is 24.3 Å². The molecule has 9 heteroatoms. The fourth-order valence-corrected chi connectivity index (χ4v) is 2.95. The van der Waals surface area contributed by atoms with Crippen LogP contribution in [0.1, 0.15) is 23.1 Å². The van der Waals surface area contributed by atoms with E-state index in [0.29, 0.717) is 10.7 Å². The Hall–Kier alpha value is -3.20. The van der Waals surface area contributed by atoms with Gasteiger partial charge < -0.3 is 14.0 Å². The van der Waals surface area contributed by atoms with Crippen molar-refractivity contribution in [2.24, 2.45) is 0 Å². The van der Waals surface area contributed by atoms with Crippen LogP contribution in [-0.2, 0) is 9.53 Å². The summed E-state index contributed by atoms with van der Waals surface area (Å²) < 4.78 is 15.2. The zero-order valence-corrected chi connectivity index (χ0v) is 15.7. The molecule has 2 aromatic heterocycles. The number of hydrogen-bond donors (Lipinski definition) is 1. The predicted octanol–water partition coefficient (Wildman–Crippen LogP) is 3.30. The number of aryl methyl sites for hydroxylation is 1. The molecule has 0 aliphatic rings. The van der Waals surface area contributed by atoms with Crippen LogP contribution in [0.25, 0.3) is 10.6 Å². The zero-order chi connectivity index (χ0) is 19.4. The van der Waals surface area contributed by atoms with Crippen molar-refractivity contribution in [3.05, 3.63) is 47.1 Å². The van der Waals surface area contributed by atoms with Crippen LogP contribution in [0.15, 0.2) is 40.2 Å². The van der Waals surface area contributed by atoms with Crippen molar-refractivity contribution < 1.29 is 23.6 Å². The van der Waals surface area contributed by atoms with E-state index in [1.54, 1.807) is 25.5 Å². The van der Waals surface area contributed by atoms with E-state index in [2.05, 4.69) is 15.5 Å². The molecule has 27 heavy (non-hydrogen) atoms. The van der Waals surface area contributed by atoms with Crippen LogP contribution in [0.2, 0.25) is 0 Å². The van der Waals surface area contributed by atoms with Crippen molar-refractivity contribution >= 4 is 29.1 Å². The minimum Gasteiger partial charge on any atom is -0.497 e. The third-order valence-corrected chi connectivity index (χ3v) is 4.47. The molecule has 1 N–H and O–H groups in total. The summed E-state index contributed by atoms with van der Waals surface area (Å²) in [7, 11) is 1.59. The van der Waals surface area contributed by atoms with Gasteiger partial charge in [0, 0.05) is 17.0 Å². The van der Waals surface area contributed by atoms with Gasteiger partial charge in [0.05, 0.1) is 12.8 Å². The Bertz CT molecular complexity index is 948. The van der Waals surface area contributed by atoms with E-state index in [4.69, 9.17) is 14.0 Å². The second kappa shape index (κ2) is 8.00. The molecule has 3 aromatic rings. The second-order valence-corrected chi connectivity index (χ2v) is 6.49. The molecule has 0 bridgehead atoms. The van der Waals surface area contributed by atoms with E-state index in [-0.39, 0.29) is 11.6 Å². The molecule has 1 unspecified atom stereocenters. The number of aromatic nitrogens is 2. The molecular weight excluding hydrogens is 370 g/mol. The largest absolute Gasteiger partial charge is 0.497 e. The maximum absolute atomic E-state index is 12.2. The summed E-state index contributed by atoms with van der Waals surface area (Å²) >= 11 is 1.31. The topological polar surface area (TPSA) is 104 Å². The average molecular weight is 387 g/mol. The molecule has 0 saturated heterocycles. The molecule has 1 amide bonds. The first kappa shape index (κ1) is 18.6. The molecule has 1 atom stereocenters. The van der Waals surface area contributed by atoms with Gasteiger partial charge in [-0.05, 0) is 38.1 Å². The fourth-order valence-electron chi connectivity index (χ4n) is 2.15. The highest BCUT2D eigenvalue weighted by Gasteiger charge is 2.22. The molecule has 8 nitrogen and oxygen atoms in total. The van der Waals surface area contributed by atoms with Crippen LogP contribution < -0.4 is 10.1 Å². The average Bonchev–Trinajstić information content (AvgIpc) is 3.31. The van der Waals surface area contributed by atoms with Gasteiger partial charge in [0.15, 0.2) is 11.8 Å². The number of benzene rings is 1. The molecule has 0 saturated carbocycles. The molecule has 3 rings (SSSR count). The number of anilines is 1. The third kappa shape index (κ3) is 4.50. The molecule has 0 spiro atoms. The number of carbonyl (C=O) groups is 2. The van der Waals surface area contributed by atoms with Gasteiger partial charge in [-0.1, -0.05) is 5.16 Å². The smallest absolute Gasteiger partial charge is 0.358 e. The van der Waals surface area contributed by atoms with Gasteiger partial charge in [-0.3, -0.25) is 10.1 Å². The van der Waals surface area contributed by atoms with E-state index >= 15 is 0 Å². The Morgan fingerprint density at radius 3 is 2.63 bits per heavy atom. The Kier molecular flexibility index (Phi) is 5.51. The Morgan fingerprint density at radius 2 is 2.00 bits per heavy atom. The van der Waals surface area contributed by atoms with Crippen LogP contribution in [0.5, 0.6) is 5.75 Å². The molecule has 0 aliphatic heterocycles. The lowest BCUT2D eigenvalue weighted by Crippen LogP contribution is -2.29. The molecule has 0 radical (unpaired) electrons. The molecule has 2 heterocycles. The third-order valence-electron chi connectivity index (χ3n) is 3.58. The molecule has 140 valence electrons. The van der Waals surface area contributed by atoms with Crippen LogP contribution in [-0.4, -0.2) is 35.2 Å². The predicted molar refractivity (Wildman–Crippen MR) is 98.8 cm³/mol. The summed E-state index contributed by atoms with van der Waals surface area (Å²) in [5.41, 5.74) is 1.62. The van der Waals surface area contributed by atoms with Gasteiger partial charge in [0.1, 0.15) is 10.8 Å². The van der Waals surface area contributed by atoms with Crippen molar-refractivity contribution in [3.63, 3.8) is 0 Å². The zero-order valence-electron chi connectivity index (χ0n) is 14.9. The van der Waals surface area contributed by atoms with Crippen LogP contribution >= 0.6 is 11.3 Å². The Balaban J connectivity index is 1.62. The van der Waals surface area contributed by atoms with Gasteiger partial charge in [0.25, 0.3) is 5.91 Å². The minimum absolute atomic E-state index is 0.140. The number of methoxy groups -OCH3 is 1. The maximum atomic E-state index is 12.2. The number of hydrogen-bond acceptors (Lipinski definition) is 8. The number of thiazole rings is 1. The fraction of sp³-hybridized carbons (Fsp3) is 0.222. The van der Waals surface area contributed by atoms with Gasteiger partial charge in [0.2, 0.25) is 5.88 Å². The van der Waals surface area contributed by atoms with E-state index < -0.39 is 18.0 Å². The number of amides is 1. The molecule has 1 aromatic carbocycles. The maximum Gasteiger partial charge on any atom is 0.358 e. The van der Waals surface area contributed by atoms with Gasteiger partial charge in [-0.2, -0.15) is 0 Å². The van der Waals surface area contributed by atoms with E-state index in [9.17, 15) is 9.59 Å². The standard InChI is InChI=1S/C18H17N3O5S/c1-10-8-15(26-21-10)20-16(22)11(2)25-18(23)14-9-27-17(19-14)12-4-6-13(24-3)7-5-12/h4-9,11H,1-3H3,(H,20,22). The van der Waals surface area contributed by atoms with Crippen molar-refractivity contribution in [2.75, 3.05) is 12.4 Å². The van der Waals surface area contributed by atoms with Crippen molar-refractivity contribution in [1.82, 2.24) is 10.1 Å². The summed E-state index contributed by atoms with van der Waals surface area (Å²) in [5.74, 6) is -0.278. The van der Waals surface area contributed by atoms with Gasteiger partial charge in [-0.15, -0.1) is 11.3 Å². The monoisotopic (exact) mass is 387 g/mol. The number of ether oxygens (including phenoxy) is 2.